The maximum absolute atomic E-state index is 6.39. The van der Waals surface area contributed by atoms with Crippen LogP contribution in [0.5, 0.6) is 11.5 Å². The summed E-state index contributed by atoms with van der Waals surface area (Å²) in [5.74, 6) is 1.45. The first kappa shape index (κ1) is 17.8. The second-order valence-electron chi connectivity index (χ2n) is 8.33. The smallest absolute Gasteiger partial charge is 0.179 e. The van der Waals surface area contributed by atoms with E-state index in [0.717, 1.165) is 37.1 Å². The lowest BCUT2D eigenvalue weighted by Gasteiger charge is -2.46. The number of rotatable bonds is 3. The van der Waals surface area contributed by atoms with Gasteiger partial charge in [0.1, 0.15) is 0 Å². The van der Waals surface area contributed by atoms with E-state index in [9.17, 15) is 0 Å². The molecule has 0 saturated carbocycles. The van der Waals surface area contributed by atoms with Crippen molar-refractivity contribution in [3.05, 3.63) is 22.7 Å². The molecule has 134 valence electrons. The Bertz CT molecular complexity index is 585. The van der Waals surface area contributed by atoms with Crippen LogP contribution in [0.15, 0.2) is 12.1 Å². The standard InChI is InChI=1S/C19H29ClN2O2/c1-18(2)10-14(11-19(3,4)22-18)21-12-13-8-15(20)17-16(9-13)23-6-5-7-24-17/h8-9,14,21-22H,5-7,10-12H2,1-4H3. The van der Waals surface area contributed by atoms with Crippen LogP contribution < -0.4 is 20.1 Å². The van der Waals surface area contributed by atoms with Gasteiger partial charge >= 0.3 is 0 Å². The maximum atomic E-state index is 6.39. The fourth-order valence-electron chi connectivity index (χ4n) is 4.12. The van der Waals surface area contributed by atoms with Gasteiger partial charge in [-0.1, -0.05) is 11.6 Å². The van der Waals surface area contributed by atoms with Gasteiger partial charge in [0.2, 0.25) is 0 Å². The summed E-state index contributed by atoms with van der Waals surface area (Å²) in [7, 11) is 0. The van der Waals surface area contributed by atoms with Gasteiger partial charge in [-0.3, -0.25) is 0 Å². The molecule has 0 bridgehead atoms. The number of benzene rings is 1. The Hall–Kier alpha value is -0.970. The van der Waals surface area contributed by atoms with Crippen molar-refractivity contribution < 1.29 is 9.47 Å². The average Bonchev–Trinajstić information content (AvgIpc) is 2.67. The lowest BCUT2D eigenvalue weighted by atomic mass is 9.79. The summed E-state index contributed by atoms with van der Waals surface area (Å²) in [5.41, 5.74) is 1.42. The van der Waals surface area contributed by atoms with Gasteiger partial charge in [0.25, 0.3) is 0 Å². The molecule has 1 aromatic carbocycles. The van der Waals surface area contributed by atoms with E-state index in [4.69, 9.17) is 21.1 Å². The molecule has 24 heavy (non-hydrogen) atoms. The molecule has 3 rings (SSSR count). The van der Waals surface area contributed by atoms with Crippen molar-refractivity contribution in [2.75, 3.05) is 13.2 Å². The molecule has 0 radical (unpaired) electrons. The summed E-state index contributed by atoms with van der Waals surface area (Å²) in [6, 6.07) is 4.52. The SMILES string of the molecule is CC1(C)CC(NCc2cc(Cl)c3c(c2)OCCCO3)CC(C)(C)N1. The average molecular weight is 353 g/mol. The Morgan fingerprint density at radius 2 is 1.79 bits per heavy atom. The zero-order valence-electron chi connectivity index (χ0n) is 15.2. The predicted octanol–water partition coefficient (Wildman–Crippen LogP) is 3.90. The van der Waals surface area contributed by atoms with Gasteiger partial charge in [-0.2, -0.15) is 0 Å². The number of fused-ring (bicyclic) bond motifs is 1. The molecule has 0 unspecified atom stereocenters. The molecule has 2 aliphatic rings. The quantitative estimate of drug-likeness (QED) is 0.865. The van der Waals surface area contributed by atoms with Crippen LogP contribution in [0.25, 0.3) is 0 Å². The molecule has 0 aromatic heterocycles. The number of halogens is 1. The van der Waals surface area contributed by atoms with Crippen LogP contribution in [0.1, 0.15) is 52.5 Å². The van der Waals surface area contributed by atoms with Gasteiger partial charge in [-0.25, -0.2) is 0 Å². The van der Waals surface area contributed by atoms with Gasteiger partial charge in [0.15, 0.2) is 11.5 Å². The lowest BCUT2D eigenvalue weighted by Crippen LogP contribution is -2.61. The van der Waals surface area contributed by atoms with Crippen molar-refractivity contribution in [3.8, 4) is 11.5 Å². The van der Waals surface area contributed by atoms with Gasteiger partial charge in [0.05, 0.1) is 18.2 Å². The van der Waals surface area contributed by atoms with Crippen LogP contribution in [0.4, 0.5) is 0 Å². The number of ether oxygens (including phenoxy) is 2. The summed E-state index contributed by atoms with van der Waals surface area (Å²) in [4.78, 5) is 0. The minimum absolute atomic E-state index is 0.141. The zero-order chi connectivity index (χ0) is 17.4. The van der Waals surface area contributed by atoms with Crippen molar-refractivity contribution in [2.45, 2.75) is 70.6 Å². The van der Waals surface area contributed by atoms with E-state index < -0.39 is 0 Å². The molecule has 1 saturated heterocycles. The van der Waals surface area contributed by atoms with E-state index in [1.54, 1.807) is 0 Å². The minimum Gasteiger partial charge on any atom is -0.489 e. The van der Waals surface area contributed by atoms with E-state index in [0.29, 0.717) is 30.0 Å². The highest BCUT2D eigenvalue weighted by Gasteiger charge is 2.37. The Kier molecular flexibility index (Phi) is 5.01. The van der Waals surface area contributed by atoms with Gasteiger partial charge in [-0.05, 0) is 58.2 Å². The van der Waals surface area contributed by atoms with Crippen LogP contribution in [0, 0.1) is 0 Å². The van der Waals surface area contributed by atoms with Crippen LogP contribution in [-0.4, -0.2) is 30.3 Å². The number of hydrogen-bond donors (Lipinski definition) is 2. The van der Waals surface area contributed by atoms with Gasteiger partial charge in [-0.15, -0.1) is 0 Å². The minimum atomic E-state index is 0.141. The van der Waals surface area contributed by atoms with Crippen LogP contribution in [0.2, 0.25) is 5.02 Å². The topological polar surface area (TPSA) is 42.5 Å². The summed E-state index contributed by atoms with van der Waals surface area (Å²) in [6.45, 7) is 11.2. The largest absolute Gasteiger partial charge is 0.489 e. The van der Waals surface area contributed by atoms with Crippen LogP contribution >= 0.6 is 11.6 Å². The second kappa shape index (κ2) is 6.74. The van der Waals surface area contributed by atoms with Crippen LogP contribution in [0.3, 0.4) is 0 Å². The summed E-state index contributed by atoms with van der Waals surface area (Å²) < 4.78 is 11.5. The Labute approximate surface area is 150 Å². The fraction of sp³-hybridized carbons (Fsp3) is 0.684. The molecule has 5 heteroatoms. The number of piperidine rings is 1. The molecular weight excluding hydrogens is 324 g/mol. The normalized spacial score (nSPS) is 22.9. The molecule has 0 spiro atoms. The van der Waals surface area contributed by atoms with Gasteiger partial charge < -0.3 is 20.1 Å². The summed E-state index contributed by atoms with van der Waals surface area (Å²) in [6.07, 6.45) is 3.10. The third-order valence-corrected chi connectivity index (χ3v) is 4.93. The molecular formula is C19H29ClN2O2. The predicted molar refractivity (Wildman–Crippen MR) is 98.2 cm³/mol. The van der Waals surface area contributed by atoms with E-state index in [-0.39, 0.29) is 11.1 Å². The van der Waals surface area contributed by atoms with Gasteiger partial charge in [0, 0.05) is 30.1 Å². The molecule has 1 aromatic rings. The third-order valence-electron chi connectivity index (χ3n) is 4.65. The second-order valence-corrected chi connectivity index (χ2v) is 8.74. The monoisotopic (exact) mass is 352 g/mol. The molecule has 4 nitrogen and oxygen atoms in total. The number of hydrogen-bond acceptors (Lipinski definition) is 4. The van der Waals surface area contributed by atoms with E-state index in [1.165, 1.54) is 0 Å². The Balaban J connectivity index is 1.68. The molecule has 0 amide bonds. The van der Waals surface area contributed by atoms with Crippen molar-refractivity contribution >= 4 is 11.6 Å². The molecule has 0 aliphatic carbocycles. The maximum Gasteiger partial charge on any atom is 0.179 e. The van der Waals surface area contributed by atoms with E-state index >= 15 is 0 Å². The molecule has 2 N–H and O–H groups in total. The Morgan fingerprint density at radius 3 is 2.50 bits per heavy atom. The highest BCUT2D eigenvalue weighted by Crippen LogP contribution is 2.38. The van der Waals surface area contributed by atoms with Crippen molar-refractivity contribution in [1.29, 1.82) is 0 Å². The van der Waals surface area contributed by atoms with Crippen LogP contribution in [-0.2, 0) is 6.54 Å². The fourth-order valence-corrected chi connectivity index (χ4v) is 4.40. The van der Waals surface area contributed by atoms with Crippen molar-refractivity contribution in [2.24, 2.45) is 0 Å². The van der Waals surface area contributed by atoms with E-state index in [2.05, 4.69) is 44.4 Å². The lowest BCUT2D eigenvalue weighted by molar-refractivity contribution is 0.145. The third kappa shape index (κ3) is 4.35. The first-order valence-electron chi connectivity index (χ1n) is 8.85. The first-order chi connectivity index (χ1) is 11.2. The van der Waals surface area contributed by atoms with Crippen molar-refractivity contribution in [1.82, 2.24) is 10.6 Å². The molecule has 1 fully saturated rings. The zero-order valence-corrected chi connectivity index (χ0v) is 15.9. The van der Waals surface area contributed by atoms with Crippen molar-refractivity contribution in [3.63, 3.8) is 0 Å². The molecule has 2 aliphatic heterocycles. The molecule has 2 heterocycles. The first-order valence-corrected chi connectivity index (χ1v) is 9.23. The Morgan fingerprint density at radius 1 is 1.12 bits per heavy atom. The molecule has 0 atom stereocenters. The highest BCUT2D eigenvalue weighted by molar-refractivity contribution is 6.32. The summed E-state index contributed by atoms with van der Waals surface area (Å²) >= 11 is 6.39. The highest BCUT2D eigenvalue weighted by atomic mass is 35.5. The van der Waals surface area contributed by atoms with E-state index in [1.807, 2.05) is 6.07 Å². The summed E-state index contributed by atoms with van der Waals surface area (Å²) in [5, 5.41) is 8.06. The number of nitrogens with one attached hydrogen (secondary N) is 2.